The van der Waals surface area contributed by atoms with Gasteiger partial charge >= 0.3 is 5.97 Å². The van der Waals surface area contributed by atoms with Crippen LogP contribution in [0.25, 0.3) is 6.08 Å². The van der Waals surface area contributed by atoms with Crippen LogP contribution >= 0.6 is 0 Å². The zero-order valence-electron chi connectivity index (χ0n) is 16.9. The lowest BCUT2D eigenvalue weighted by Crippen LogP contribution is -2.40. The number of rotatable bonds is 8. The Balaban J connectivity index is 1.53. The first-order valence-electron chi connectivity index (χ1n) is 9.58. The van der Waals surface area contributed by atoms with E-state index in [0.29, 0.717) is 31.9 Å². The molecule has 0 aromatic heterocycles. The van der Waals surface area contributed by atoms with Gasteiger partial charge in [-0.25, -0.2) is 13.2 Å². The number of esters is 1. The minimum atomic E-state index is -3.60. The van der Waals surface area contributed by atoms with E-state index in [1.807, 2.05) is 0 Å². The van der Waals surface area contributed by atoms with Crippen molar-refractivity contribution in [3.63, 3.8) is 0 Å². The standard InChI is InChI=1S/C21H20N2O8S/c24-20(17-4-6-18(7-5-17)23(26)27)15-31-21(25)10-3-16-1-8-19(9-2-16)32(28,29)22-11-13-30-14-12-22/h1-10H,11-15H2/b10-3+. The molecular weight excluding hydrogens is 440 g/mol. The third-order valence-electron chi connectivity index (χ3n) is 4.65. The molecule has 11 heteroatoms. The monoisotopic (exact) mass is 460 g/mol. The smallest absolute Gasteiger partial charge is 0.331 e. The van der Waals surface area contributed by atoms with E-state index in [4.69, 9.17) is 9.47 Å². The molecule has 1 fully saturated rings. The number of sulfonamides is 1. The Morgan fingerprint density at radius 2 is 1.69 bits per heavy atom. The zero-order valence-corrected chi connectivity index (χ0v) is 17.7. The molecule has 1 aliphatic heterocycles. The van der Waals surface area contributed by atoms with Crippen LogP contribution in [0.5, 0.6) is 0 Å². The average molecular weight is 460 g/mol. The van der Waals surface area contributed by atoms with Crippen LogP contribution in [0.1, 0.15) is 15.9 Å². The van der Waals surface area contributed by atoms with Crippen molar-refractivity contribution >= 4 is 33.5 Å². The fourth-order valence-corrected chi connectivity index (χ4v) is 4.30. The number of benzene rings is 2. The molecular formula is C21H20N2O8S. The number of Topliss-reactive ketones (excluding diaryl/α,β-unsaturated/α-hetero) is 1. The minimum Gasteiger partial charge on any atom is -0.454 e. The lowest BCUT2D eigenvalue weighted by atomic mass is 10.1. The van der Waals surface area contributed by atoms with Gasteiger partial charge in [-0.15, -0.1) is 0 Å². The number of ketones is 1. The van der Waals surface area contributed by atoms with Crippen molar-refractivity contribution in [3.05, 3.63) is 75.8 Å². The van der Waals surface area contributed by atoms with Gasteiger partial charge in [0.2, 0.25) is 10.0 Å². The van der Waals surface area contributed by atoms with Crippen LogP contribution in [0.2, 0.25) is 0 Å². The Morgan fingerprint density at radius 1 is 1.06 bits per heavy atom. The third kappa shape index (κ3) is 5.84. The maximum atomic E-state index is 12.6. The highest BCUT2D eigenvalue weighted by Crippen LogP contribution is 2.18. The maximum absolute atomic E-state index is 12.6. The second-order valence-corrected chi connectivity index (χ2v) is 8.69. The molecule has 3 rings (SSSR count). The summed E-state index contributed by atoms with van der Waals surface area (Å²) in [5.41, 5.74) is 0.610. The number of non-ortho nitro benzene ring substituents is 1. The molecule has 0 bridgehead atoms. The molecule has 2 aromatic carbocycles. The minimum absolute atomic E-state index is 0.146. The number of hydrogen-bond donors (Lipinski definition) is 0. The first-order chi connectivity index (χ1) is 15.3. The number of nitrogens with zero attached hydrogens (tertiary/aromatic N) is 2. The van der Waals surface area contributed by atoms with E-state index in [1.165, 1.54) is 46.8 Å². The Labute approximate surface area is 184 Å². The van der Waals surface area contributed by atoms with E-state index in [-0.39, 0.29) is 16.1 Å². The van der Waals surface area contributed by atoms with Crippen LogP contribution in [-0.2, 0) is 24.3 Å². The normalized spacial score (nSPS) is 14.9. The molecule has 0 N–H and O–H groups in total. The van der Waals surface area contributed by atoms with Gasteiger partial charge in [0.25, 0.3) is 5.69 Å². The van der Waals surface area contributed by atoms with Crippen LogP contribution in [0.15, 0.2) is 59.5 Å². The highest BCUT2D eigenvalue weighted by molar-refractivity contribution is 7.89. The SMILES string of the molecule is O=C(/C=C/c1ccc(S(=O)(=O)N2CCOCC2)cc1)OCC(=O)c1ccc([N+](=O)[O-])cc1. The van der Waals surface area contributed by atoms with Gasteiger partial charge in [-0.05, 0) is 35.9 Å². The van der Waals surface area contributed by atoms with Gasteiger partial charge < -0.3 is 9.47 Å². The van der Waals surface area contributed by atoms with Gasteiger partial charge in [-0.2, -0.15) is 4.31 Å². The van der Waals surface area contributed by atoms with Crippen molar-refractivity contribution in [1.82, 2.24) is 4.31 Å². The molecule has 168 valence electrons. The van der Waals surface area contributed by atoms with E-state index < -0.39 is 33.3 Å². The summed E-state index contributed by atoms with van der Waals surface area (Å²) in [6.07, 6.45) is 2.55. The fourth-order valence-electron chi connectivity index (χ4n) is 2.89. The summed E-state index contributed by atoms with van der Waals surface area (Å²) in [5, 5.41) is 10.6. The summed E-state index contributed by atoms with van der Waals surface area (Å²) >= 11 is 0. The number of nitro groups is 1. The van der Waals surface area contributed by atoms with E-state index in [1.54, 1.807) is 12.1 Å². The molecule has 0 radical (unpaired) electrons. The van der Waals surface area contributed by atoms with Crippen LogP contribution in [0, 0.1) is 10.1 Å². The summed E-state index contributed by atoms with van der Waals surface area (Å²) in [4.78, 5) is 34.1. The largest absolute Gasteiger partial charge is 0.454 e. The fraction of sp³-hybridized carbons (Fsp3) is 0.238. The van der Waals surface area contributed by atoms with E-state index in [0.717, 1.165) is 6.08 Å². The first kappa shape index (κ1) is 23.3. The van der Waals surface area contributed by atoms with Crippen molar-refractivity contribution in [1.29, 1.82) is 0 Å². The molecule has 0 amide bonds. The Bertz CT molecular complexity index is 1120. The summed E-state index contributed by atoms with van der Waals surface area (Å²) in [6.45, 7) is 0.796. The summed E-state index contributed by atoms with van der Waals surface area (Å²) in [6, 6.07) is 11.0. The molecule has 0 saturated carbocycles. The van der Waals surface area contributed by atoms with Crippen LogP contribution in [0.4, 0.5) is 5.69 Å². The van der Waals surface area contributed by atoms with Gasteiger partial charge in [0.1, 0.15) is 0 Å². The molecule has 1 aliphatic rings. The highest BCUT2D eigenvalue weighted by atomic mass is 32.2. The Hall–Kier alpha value is -3.41. The van der Waals surface area contributed by atoms with Gasteiger partial charge in [0.15, 0.2) is 12.4 Å². The van der Waals surface area contributed by atoms with Crippen LogP contribution in [0.3, 0.4) is 0 Å². The molecule has 0 atom stereocenters. The molecule has 32 heavy (non-hydrogen) atoms. The number of ether oxygens (including phenoxy) is 2. The topological polar surface area (TPSA) is 133 Å². The third-order valence-corrected chi connectivity index (χ3v) is 6.56. The number of nitro benzene ring substituents is 1. The van der Waals surface area contributed by atoms with E-state index in [2.05, 4.69) is 0 Å². The van der Waals surface area contributed by atoms with Crippen molar-refractivity contribution in [2.24, 2.45) is 0 Å². The zero-order chi connectivity index (χ0) is 23.1. The van der Waals surface area contributed by atoms with E-state index >= 15 is 0 Å². The van der Waals surface area contributed by atoms with Crippen LogP contribution < -0.4 is 0 Å². The van der Waals surface area contributed by atoms with Crippen molar-refractivity contribution in [3.8, 4) is 0 Å². The van der Waals surface area contributed by atoms with E-state index in [9.17, 15) is 28.1 Å². The van der Waals surface area contributed by atoms with Gasteiger partial charge in [0, 0.05) is 36.9 Å². The predicted molar refractivity (Wildman–Crippen MR) is 113 cm³/mol. The molecule has 0 spiro atoms. The number of carbonyl (C=O) groups excluding carboxylic acids is 2. The molecule has 0 unspecified atom stereocenters. The lowest BCUT2D eigenvalue weighted by molar-refractivity contribution is -0.384. The molecule has 2 aromatic rings. The quantitative estimate of drug-likeness (QED) is 0.192. The number of morpholine rings is 1. The number of carbonyl (C=O) groups is 2. The molecule has 0 aliphatic carbocycles. The predicted octanol–water partition coefficient (Wildman–Crippen LogP) is 2.06. The van der Waals surface area contributed by atoms with Crippen molar-refractivity contribution in [2.45, 2.75) is 4.90 Å². The summed E-state index contributed by atoms with van der Waals surface area (Å²) in [5.74, 6) is -1.26. The van der Waals surface area contributed by atoms with Gasteiger partial charge in [0.05, 0.1) is 23.0 Å². The summed E-state index contributed by atoms with van der Waals surface area (Å²) < 4.78 is 36.6. The summed E-state index contributed by atoms with van der Waals surface area (Å²) in [7, 11) is -3.60. The van der Waals surface area contributed by atoms with Crippen molar-refractivity contribution < 1.29 is 32.4 Å². The molecule has 1 heterocycles. The molecule has 10 nitrogen and oxygen atoms in total. The maximum Gasteiger partial charge on any atom is 0.331 e. The van der Waals surface area contributed by atoms with Gasteiger partial charge in [-0.3, -0.25) is 14.9 Å². The average Bonchev–Trinajstić information content (AvgIpc) is 2.82. The highest BCUT2D eigenvalue weighted by Gasteiger charge is 2.25. The van der Waals surface area contributed by atoms with Crippen molar-refractivity contribution in [2.75, 3.05) is 32.9 Å². The van der Waals surface area contributed by atoms with Crippen LogP contribution in [-0.4, -0.2) is 62.3 Å². The second kappa shape index (κ2) is 10.3. The number of hydrogen-bond acceptors (Lipinski definition) is 8. The Morgan fingerprint density at radius 3 is 2.28 bits per heavy atom. The molecule has 1 saturated heterocycles. The lowest BCUT2D eigenvalue weighted by Gasteiger charge is -2.26. The first-order valence-corrected chi connectivity index (χ1v) is 11.0. The van der Waals surface area contributed by atoms with Gasteiger partial charge in [-0.1, -0.05) is 12.1 Å². The second-order valence-electron chi connectivity index (χ2n) is 6.75. The Kier molecular flexibility index (Phi) is 7.46.